The second kappa shape index (κ2) is 7.84. The average molecular weight is 438 g/mol. The monoisotopic (exact) mass is 437 g/mol. The molecule has 2 heterocycles. The van der Waals surface area contributed by atoms with E-state index in [1.807, 2.05) is 36.5 Å². The second-order valence-corrected chi connectivity index (χ2v) is 9.24. The summed E-state index contributed by atoms with van der Waals surface area (Å²) in [4.78, 5) is 26.8. The Bertz CT molecular complexity index is 1390. The zero-order chi connectivity index (χ0) is 22.5. The van der Waals surface area contributed by atoms with Crippen LogP contribution in [0.4, 0.5) is 4.39 Å². The van der Waals surface area contributed by atoms with Crippen molar-refractivity contribution in [3.8, 4) is 22.6 Å². The molecule has 4 nitrogen and oxygen atoms in total. The number of fused-ring (bicyclic) bond motifs is 4. The standard InChI is InChI=1S/C28H24FN3O/c1-16-18-9-10-23-26(20(18)11-12-25(16)33)31-28(32-27(23)22-6-2-3-8-24(22)29)21-7-4-5-17-15-30-14-13-19(17)21/h2-8,13-16,18,20H,9-12H2,1H3. The van der Waals surface area contributed by atoms with E-state index in [1.165, 1.54) is 6.07 Å². The number of hydrogen-bond acceptors (Lipinski definition) is 4. The average Bonchev–Trinajstić information content (AvgIpc) is 2.85. The molecule has 0 amide bonds. The number of nitrogens with zero attached hydrogens (tertiary/aromatic N) is 3. The van der Waals surface area contributed by atoms with Gasteiger partial charge in [-0.3, -0.25) is 9.78 Å². The molecule has 0 aliphatic heterocycles. The molecule has 3 unspecified atom stereocenters. The molecule has 6 rings (SSSR count). The number of aromatic nitrogens is 3. The molecule has 2 aromatic heterocycles. The maximum absolute atomic E-state index is 15.0. The Morgan fingerprint density at radius 1 is 0.939 bits per heavy atom. The van der Waals surface area contributed by atoms with Gasteiger partial charge in [-0.2, -0.15) is 0 Å². The Labute approximate surface area is 191 Å². The van der Waals surface area contributed by atoms with E-state index in [2.05, 4.69) is 11.9 Å². The minimum atomic E-state index is -0.277. The highest BCUT2D eigenvalue weighted by molar-refractivity contribution is 5.94. The molecule has 2 aliphatic rings. The molecule has 0 radical (unpaired) electrons. The van der Waals surface area contributed by atoms with Crippen LogP contribution >= 0.6 is 0 Å². The van der Waals surface area contributed by atoms with E-state index >= 15 is 0 Å². The number of pyridine rings is 1. The Morgan fingerprint density at radius 3 is 2.67 bits per heavy atom. The summed E-state index contributed by atoms with van der Waals surface area (Å²) in [5, 5.41) is 2.03. The first-order valence-electron chi connectivity index (χ1n) is 11.6. The van der Waals surface area contributed by atoms with Gasteiger partial charge in [-0.15, -0.1) is 0 Å². The number of carbonyl (C=O) groups is 1. The third kappa shape index (κ3) is 3.26. The van der Waals surface area contributed by atoms with Crippen LogP contribution in [0.3, 0.4) is 0 Å². The lowest BCUT2D eigenvalue weighted by Gasteiger charge is -2.40. The van der Waals surface area contributed by atoms with Crippen molar-refractivity contribution in [1.82, 2.24) is 15.0 Å². The number of Topliss-reactive ketones (excluding diaryl/α,β-unsaturated/α-hetero) is 1. The van der Waals surface area contributed by atoms with Crippen molar-refractivity contribution in [3.05, 3.63) is 78.0 Å². The molecule has 4 aromatic rings. The lowest BCUT2D eigenvalue weighted by Crippen LogP contribution is -2.36. The molecule has 0 bridgehead atoms. The molecule has 0 spiro atoms. The number of halogens is 1. The number of hydrogen-bond donors (Lipinski definition) is 0. The van der Waals surface area contributed by atoms with Crippen molar-refractivity contribution < 1.29 is 9.18 Å². The third-order valence-electron chi connectivity index (χ3n) is 7.54. The van der Waals surface area contributed by atoms with E-state index in [4.69, 9.17) is 9.97 Å². The maximum Gasteiger partial charge on any atom is 0.160 e. The van der Waals surface area contributed by atoms with Crippen molar-refractivity contribution in [1.29, 1.82) is 0 Å². The lowest BCUT2D eigenvalue weighted by molar-refractivity contribution is -0.126. The summed E-state index contributed by atoms with van der Waals surface area (Å²) in [5.74, 6) is 1.20. The van der Waals surface area contributed by atoms with Crippen molar-refractivity contribution in [2.24, 2.45) is 11.8 Å². The van der Waals surface area contributed by atoms with Crippen LogP contribution in [-0.4, -0.2) is 20.7 Å². The van der Waals surface area contributed by atoms with Crippen molar-refractivity contribution >= 4 is 16.6 Å². The van der Waals surface area contributed by atoms with Crippen LogP contribution in [0, 0.1) is 17.7 Å². The molecule has 33 heavy (non-hydrogen) atoms. The van der Waals surface area contributed by atoms with Crippen LogP contribution in [0.25, 0.3) is 33.4 Å². The highest BCUT2D eigenvalue weighted by Crippen LogP contribution is 2.48. The van der Waals surface area contributed by atoms with E-state index in [9.17, 15) is 9.18 Å². The summed E-state index contributed by atoms with van der Waals surface area (Å²) >= 11 is 0. The summed E-state index contributed by atoms with van der Waals surface area (Å²) in [7, 11) is 0. The normalized spacial score (nSPS) is 22.1. The zero-order valence-electron chi connectivity index (χ0n) is 18.5. The fourth-order valence-corrected chi connectivity index (χ4v) is 5.80. The van der Waals surface area contributed by atoms with Gasteiger partial charge in [0.25, 0.3) is 0 Å². The van der Waals surface area contributed by atoms with Gasteiger partial charge in [-0.1, -0.05) is 37.3 Å². The molecule has 1 fully saturated rings. The Kier molecular flexibility index (Phi) is 4.79. The molecule has 2 aromatic carbocycles. The molecule has 3 atom stereocenters. The summed E-state index contributed by atoms with van der Waals surface area (Å²) in [5.41, 5.74) is 4.14. The predicted octanol–water partition coefficient (Wildman–Crippen LogP) is 6.14. The first kappa shape index (κ1) is 20.2. The number of carbonyl (C=O) groups excluding carboxylic acids is 1. The van der Waals surface area contributed by atoms with E-state index in [0.717, 1.165) is 46.9 Å². The topological polar surface area (TPSA) is 55.7 Å². The van der Waals surface area contributed by atoms with E-state index < -0.39 is 0 Å². The zero-order valence-corrected chi connectivity index (χ0v) is 18.5. The van der Waals surface area contributed by atoms with Gasteiger partial charge in [-0.05, 0) is 48.8 Å². The first-order chi connectivity index (χ1) is 16.1. The van der Waals surface area contributed by atoms with Crippen LogP contribution in [0.1, 0.15) is 43.4 Å². The molecule has 0 saturated heterocycles. The second-order valence-electron chi connectivity index (χ2n) is 9.24. The quantitative estimate of drug-likeness (QED) is 0.378. The van der Waals surface area contributed by atoms with Crippen LogP contribution < -0.4 is 0 Å². The minimum Gasteiger partial charge on any atom is -0.299 e. The van der Waals surface area contributed by atoms with Crippen LogP contribution in [-0.2, 0) is 11.2 Å². The van der Waals surface area contributed by atoms with Crippen molar-refractivity contribution in [2.75, 3.05) is 0 Å². The molecular formula is C28H24FN3O. The van der Waals surface area contributed by atoms with E-state index in [0.29, 0.717) is 29.3 Å². The lowest BCUT2D eigenvalue weighted by atomic mass is 9.64. The predicted molar refractivity (Wildman–Crippen MR) is 126 cm³/mol. The van der Waals surface area contributed by atoms with Gasteiger partial charge < -0.3 is 0 Å². The summed E-state index contributed by atoms with van der Waals surface area (Å²) in [6, 6.07) is 14.8. The fraction of sp³-hybridized carbons (Fsp3) is 0.286. The molecule has 1 saturated carbocycles. The number of benzene rings is 2. The summed E-state index contributed by atoms with van der Waals surface area (Å²) in [6.45, 7) is 2.06. The third-order valence-corrected chi connectivity index (χ3v) is 7.54. The minimum absolute atomic E-state index is 0.0378. The molecule has 5 heteroatoms. The summed E-state index contributed by atoms with van der Waals surface area (Å²) in [6.07, 6.45) is 6.65. The van der Waals surface area contributed by atoms with Crippen molar-refractivity contribution in [2.45, 2.75) is 38.5 Å². The highest BCUT2D eigenvalue weighted by Gasteiger charge is 2.41. The molecule has 2 aliphatic carbocycles. The Morgan fingerprint density at radius 2 is 1.79 bits per heavy atom. The van der Waals surface area contributed by atoms with Crippen LogP contribution in [0.15, 0.2) is 60.9 Å². The van der Waals surface area contributed by atoms with Crippen LogP contribution in [0.5, 0.6) is 0 Å². The van der Waals surface area contributed by atoms with Gasteiger partial charge in [0.2, 0.25) is 0 Å². The maximum atomic E-state index is 15.0. The smallest absolute Gasteiger partial charge is 0.160 e. The first-order valence-corrected chi connectivity index (χ1v) is 11.6. The molecule has 0 N–H and O–H groups in total. The van der Waals surface area contributed by atoms with E-state index in [-0.39, 0.29) is 23.6 Å². The SMILES string of the molecule is CC1C(=O)CCC2c3nc(-c4cccc5cnccc45)nc(-c4ccccc4F)c3CCC12. The number of ketones is 1. The van der Waals surface area contributed by atoms with Crippen molar-refractivity contribution in [3.63, 3.8) is 0 Å². The largest absolute Gasteiger partial charge is 0.299 e. The van der Waals surface area contributed by atoms with Gasteiger partial charge in [-0.25, -0.2) is 14.4 Å². The van der Waals surface area contributed by atoms with Gasteiger partial charge in [0.1, 0.15) is 11.6 Å². The number of rotatable bonds is 2. The van der Waals surface area contributed by atoms with Gasteiger partial charge >= 0.3 is 0 Å². The van der Waals surface area contributed by atoms with Crippen LogP contribution in [0.2, 0.25) is 0 Å². The molecule has 164 valence electrons. The Balaban J connectivity index is 1.62. The Hall–Kier alpha value is -3.47. The van der Waals surface area contributed by atoms with Gasteiger partial charge in [0.15, 0.2) is 5.82 Å². The highest BCUT2D eigenvalue weighted by atomic mass is 19.1. The molecular weight excluding hydrogens is 413 g/mol. The summed E-state index contributed by atoms with van der Waals surface area (Å²) < 4.78 is 15.0. The van der Waals surface area contributed by atoms with Gasteiger partial charge in [0, 0.05) is 52.7 Å². The fourth-order valence-electron chi connectivity index (χ4n) is 5.80. The van der Waals surface area contributed by atoms with E-state index in [1.54, 1.807) is 18.3 Å². The van der Waals surface area contributed by atoms with Gasteiger partial charge in [0.05, 0.1) is 11.4 Å².